The molecule has 3 aromatic heterocycles. The second-order valence-electron chi connectivity index (χ2n) is 6.08. The molecule has 1 aliphatic rings. The Bertz CT molecular complexity index is 873. The quantitative estimate of drug-likeness (QED) is 0.664. The van der Waals surface area contributed by atoms with Crippen LogP contribution >= 0.6 is 0 Å². The van der Waals surface area contributed by atoms with Crippen LogP contribution in [0.25, 0.3) is 11.0 Å². The van der Waals surface area contributed by atoms with Gasteiger partial charge in [0.05, 0.1) is 11.1 Å². The normalized spacial score (nSPS) is 17.5. The number of nitrogens with two attached hydrogens (primary N) is 2. The Morgan fingerprint density at radius 1 is 1.25 bits per heavy atom. The molecule has 4 rings (SSSR count). The molecule has 124 valence electrons. The van der Waals surface area contributed by atoms with Crippen molar-refractivity contribution in [1.29, 1.82) is 0 Å². The van der Waals surface area contributed by atoms with Gasteiger partial charge >= 0.3 is 0 Å². The van der Waals surface area contributed by atoms with E-state index in [1.165, 1.54) is 0 Å². The molecule has 0 aromatic carbocycles. The highest BCUT2D eigenvalue weighted by Gasteiger charge is 2.28. The first-order valence-electron chi connectivity index (χ1n) is 7.91. The molecule has 1 atom stereocenters. The predicted octanol–water partition coefficient (Wildman–Crippen LogP) is 1.23. The van der Waals surface area contributed by atoms with Crippen LogP contribution in [0.2, 0.25) is 0 Å². The number of hydrogen-bond donors (Lipinski definition) is 3. The molecule has 0 amide bonds. The first-order chi connectivity index (χ1) is 11.6. The van der Waals surface area contributed by atoms with Gasteiger partial charge in [-0.2, -0.15) is 0 Å². The van der Waals surface area contributed by atoms with Crippen molar-refractivity contribution in [3.8, 4) is 0 Å². The number of rotatable bonds is 3. The van der Waals surface area contributed by atoms with Crippen LogP contribution < -0.4 is 21.3 Å². The summed E-state index contributed by atoms with van der Waals surface area (Å²) in [6.45, 7) is 1.82. The Labute approximate surface area is 139 Å². The summed E-state index contributed by atoms with van der Waals surface area (Å²) >= 11 is 0. The number of fused-ring (bicyclic) bond motifs is 1. The predicted molar refractivity (Wildman–Crippen MR) is 96.0 cm³/mol. The van der Waals surface area contributed by atoms with E-state index in [0.29, 0.717) is 17.5 Å². The fourth-order valence-electron chi connectivity index (χ4n) is 3.22. The number of aromatic nitrogens is 4. The lowest BCUT2D eigenvalue weighted by Gasteiger charge is -2.26. The number of H-pyrrole nitrogens is 1. The monoisotopic (exact) mass is 324 g/mol. The summed E-state index contributed by atoms with van der Waals surface area (Å²) in [5.74, 6) is 2.18. The third-order valence-electron chi connectivity index (χ3n) is 4.65. The van der Waals surface area contributed by atoms with Crippen molar-refractivity contribution in [2.24, 2.45) is 0 Å². The Kier molecular flexibility index (Phi) is 3.37. The van der Waals surface area contributed by atoms with Crippen LogP contribution in [0.15, 0.2) is 30.7 Å². The van der Waals surface area contributed by atoms with E-state index in [0.717, 1.165) is 42.2 Å². The lowest BCUT2D eigenvalue weighted by atomic mass is 10.2. The van der Waals surface area contributed by atoms with Gasteiger partial charge in [0, 0.05) is 32.4 Å². The maximum absolute atomic E-state index is 5.83. The third-order valence-corrected chi connectivity index (χ3v) is 4.65. The third kappa shape index (κ3) is 2.36. The number of nitrogens with zero attached hydrogens (tertiary/aromatic N) is 5. The van der Waals surface area contributed by atoms with Gasteiger partial charge in [0.15, 0.2) is 0 Å². The van der Waals surface area contributed by atoms with Gasteiger partial charge in [-0.3, -0.25) is 0 Å². The van der Waals surface area contributed by atoms with Crippen LogP contribution in [-0.4, -0.2) is 46.1 Å². The molecular weight excluding hydrogens is 304 g/mol. The molecule has 5 N–H and O–H groups in total. The molecule has 0 saturated carbocycles. The van der Waals surface area contributed by atoms with Crippen LogP contribution in [0.1, 0.15) is 6.42 Å². The van der Waals surface area contributed by atoms with Crippen molar-refractivity contribution in [2.45, 2.75) is 12.5 Å². The van der Waals surface area contributed by atoms with Crippen molar-refractivity contribution < 1.29 is 0 Å². The smallest absolute Gasteiger partial charge is 0.149 e. The number of likely N-dealkylation sites (N-methyl/N-ethyl adjacent to an activating group) is 1. The molecule has 3 aromatic rings. The van der Waals surface area contributed by atoms with Gasteiger partial charge in [-0.25, -0.2) is 15.0 Å². The lowest BCUT2D eigenvalue weighted by molar-refractivity contribution is 0.685. The highest BCUT2D eigenvalue weighted by Crippen LogP contribution is 2.28. The number of anilines is 4. The first kappa shape index (κ1) is 14.6. The summed E-state index contributed by atoms with van der Waals surface area (Å²) in [5, 5.41) is 1.05. The van der Waals surface area contributed by atoms with Crippen LogP contribution in [0.5, 0.6) is 0 Å². The number of nitrogens with one attached hydrogen (secondary N) is 1. The number of pyridine rings is 1. The summed E-state index contributed by atoms with van der Waals surface area (Å²) in [4.78, 5) is 20.7. The average Bonchev–Trinajstić information content (AvgIpc) is 3.25. The lowest BCUT2D eigenvalue weighted by Crippen LogP contribution is -2.35. The standard InChI is InChI=1S/C16H20N8/c1-23(13-3-2-12(17)14(18)22-13)10-5-7-24(8-10)16-11-4-6-19-15(11)20-9-21-16/h2-4,6,9-10H,5,7-8,17H2,1H3,(H2,18,22)(H,19,20,21). The minimum Gasteiger partial charge on any atom is -0.396 e. The molecule has 1 saturated heterocycles. The molecule has 0 spiro atoms. The molecular formula is C16H20N8. The molecule has 0 radical (unpaired) electrons. The molecule has 4 heterocycles. The second-order valence-corrected chi connectivity index (χ2v) is 6.08. The zero-order valence-corrected chi connectivity index (χ0v) is 13.5. The van der Waals surface area contributed by atoms with E-state index in [2.05, 4.69) is 29.7 Å². The first-order valence-corrected chi connectivity index (χ1v) is 7.91. The van der Waals surface area contributed by atoms with E-state index >= 15 is 0 Å². The van der Waals surface area contributed by atoms with Gasteiger partial charge in [0.2, 0.25) is 0 Å². The summed E-state index contributed by atoms with van der Waals surface area (Å²) < 4.78 is 0. The molecule has 1 unspecified atom stereocenters. The van der Waals surface area contributed by atoms with Crippen LogP contribution in [0, 0.1) is 0 Å². The highest BCUT2D eigenvalue weighted by molar-refractivity contribution is 5.87. The van der Waals surface area contributed by atoms with E-state index in [4.69, 9.17) is 11.5 Å². The second kappa shape index (κ2) is 5.55. The van der Waals surface area contributed by atoms with Crippen molar-refractivity contribution >= 4 is 34.2 Å². The van der Waals surface area contributed by atoms with Crippen molar-refractivity contribution in [2.75, 3.05) is 41.4 Å². The van der Waals surface area contributed by atoms with Crippen LogP contribution in [-0.2, 0) is 0 Å². The molecule has 24 heavy (non-hydrogen) atoms. The Balaban J connectivity index is 1.55. The van der Waals surface area contributed by atoms with Gasteiger partial charge < -0.3 is 26.3 Å². The van der Waals surface area contributed by atoms with Crippen molar-refractivity contribution in [3.63, 3.8) is 0 Å². The van der Waals surface area contributed by atoms with E-state index in [1.54, 1.807) is 12.4 Å². The van der Waals surface area contributed by atoms with Gasteiger partial charge in [-0.15, -0.1) is 0 Å². The zero-order valence-electron chi connectivity index (χ0n) is 13.5. The zero-order chi connectivity index (χ0) is 16.7. The summed E-state index contributed by atoms with van der Waals surface area (Å²) in [5.41, 5.74) is 13.0. The fraction of sp³-hybridized carbons (Fsp3) is 0.312. The SMILES string of the molecule is CN(c1ccc(N)c(N)n1)C1CCN(c2ncnc3[nH]ccc23)C1. The Hall–Kier alpha value is -3.03. The molecule has 1 fully saturated rings. The van der Waals surface area contributed by atoms with E-state index in [1.807, 2.05) is 25.4 Å². The summed E-state index contributed by atoms with van der Waals surface area (Å²) in [6, 6.07) is 6.06. The van der Waals surface area contributed by atoms with E-state index in [-0.39, 0.29) is 0 Å². The molecule has 8 heteroatoms. The molecule has 0 aliphatic carbocycles. The van der Waals surface area contributed by atoms with Crippen LogP contribution in [0.3, 0.4) is 0 Å². The van der Waals surface area contributed by atoms with Gasteiger partial charge in [-0.1, -0.05) is 0 Å². The van der Waals surface area contributed by atoms with Crippen molar-refractivity contribution in [3.05, 3.63) is 30.7 Å². The summed E-state index contributed by atoms with van der Waals surface area (Å²) in [7, 11) is 2.04. The maximum atomic E-state index is 5.83. The van der Waals surface area contributed by atoms with E-state index in [9.17, 15) is 0 Å². The Morgan fingerprint density at radius 3 is 2.96 bits per heavy atom. The molecule has 0 bridgehead atoms. The van der Waals surface area contributed by atoms with E-state index < -0.39 is 0 Å². The minimum atomic E-state index is 0.337. The van der Waals surface area contributed by atoms with Crippen molar-refractivity contribution in [1.82, 2.24) is 19.9 Å². The average molecular weight is 324 g/mol. The van der Waals surface area contributed by atoms with Gasteiger partial charge in [0.25, 0.3) is 0 Å². The number of nitrogen functional groups attached to an aromatic ring is 2. The minimum absolute atomic E-state index is 0.337. The van der Waals surface area contributed by atoms with Gasteiger partial charge in [-0.05, 0) is 24.6 Å². The molecule has 8 nitrogen and oxygen atoms in total. The largest absolute Gasteiger partial charge is 0.396 e. The summed E-state index contributed by atoms with van der Waals surface area (Å²) in [6.07, 6.45) is 4.52. The maximum Gasteiger partial charge on any atom is 0.149 e. The topological polar surface area (TPSA) is 113 Å². The number of aromatic amines is 1. The Morgan fingerprint density at radius 2 is 2.12 bits per heavy atom. The molecule has 1 aliphatic heterocycles. The fourth-order valence-corrected chi connectivity index (χ4v) is 3.22. The number of hydrogen-bond acceptors (Lipinski definition) is 7. The highest BCUT2D eigenvalue weighted by atomic mass is 15.3. The van der Waals surface area contributed by atoms with Gasteiger partial charge in [0.1, 0.15) is 29.4 Å². The van der Waals surface area contributed by atoms with Crippen LogP contribution in [0.4, 0.5) is 23.1 Å².